The van der Waals surface area contributed by atoms with Crippen LogP contribution in [0.2, 0.25) is 0 Å². The van der Waals surface area contributed by atoms with Gasteiger partial charge < -0.3 is 14.2 Å². The molecule has 4 heteroatoms. The Morgan fingerprint density at radius 2 is 1.93 bits per heavy atom. The Kier molecular flexibility index (Phi) is 7.58. The lowest BCUT2D eigenvalue weighted by atomic mass is 10.3. The zero-order chi connectivity index (χ0) is 11.7. The number of ether oxygens (including phenoxy) is 3. The molecule has 86 valence electrons. The molecule has 0 N–H and O–H groups in total. The molecular formula is C11H18O4. The zero-order valence-electron chi connectivity index (χ0n) is 9.65. The Hall–Kier alpha value is -1.13. The second-order valence-electron chi connectivity index (χ2n) is 2.79. The van der Waals surface area contributed by atoms with Gasteiger partial charge in [0.1, 0.15) is 0 Å². The van der Waals surface area contributed by atoms with Crippen molar-refractivity contribution in [1.29, 1.82) is 0 Å². The molecular weight excluding hydrogens is 196 g/mol. The van der Waals surface area contributed by atoms with Crippen molar-refractivity contribution in [3.05, 3.63) is 23.8 Å². The molecule has 0 saturated heterocycles. The normalized spacial score (nSPS) is 12.5. The molecule has 0 rings (SSSR count). The summed E-state index contributed by atoms with van der Waals surface area (Å²) >= 11 is 0. The summed E-state index contributed by atoms with van der Waals surface area (Å²) in [5, 5.41) is 0. The van der Waals surface area contributed by atoms with Crippen LogP contribution in [-0.4, -0.2) is 33.1 Å². The summed E-state index contributed by atoms with van der Waals surface area (Å²) in [7, 11) is 3.08. The quantitative estimate of drug-likeness (QED) is 0.292. The lowest BCUT2D eigenvalue weighted by molar-refractivity contribution is -0.138. The van der Waals surface area contributed by atoms with Crippen molar-refractivity contribution in [3.8, 4) is 0 Å². The Morgan fingerprint density at radius 1 is 1.33 bits per heavy atom. The number of esters is 1. The summed E-state index contributed by atoms with van der Waals surface area (Å²) in [4.78, 5) is 11.2. The van der Waals surface area contributed by atoms with Gasteiger partial charge in [-0.1, -0.05) is 12.2 Å². The smallest absolute Gasteiger partial charge is 0.333 e. The van der Waals surface area contributed by atoms with E-state index < -0.39 is 6.29 Å². The molecule has 0 saturated carbocycles. The minimum absolute atomic E-state index is 0.312. The largest absolute Gasteiger partial charge is 0.463 e. The van der Waals surface area contributed by atoms with E-state index in [0.29, 0.717) is 12.2 Å². The van der Waals surface area contributed by atoms with Crippen molar-refractivity contribution in [2.24, 2.45) is 0 Å². The van der Waals surface area contributed by atoms with Crippen molar-refractivity contribution in [1.82, 2.24) is 0 Å². The van der Waals surface area contributed by atoms with Crippen molar-refractivity contribution < 1.29 is 19.0 Å². The Bertz CT molecular complexity index is 239. The number of rotatable bonds is 6. The molecule has 0 aliphatic rings. The van der Waals surface area contributed by atoms with E-state index in [1.807, 2.05) is 0 Å². The molecule has 0 fully saturated rings. The van der Waals surface area contributed by atoms with E-state index in [9.17, 15) is 4.79 Å². The van der Waals surface area contributed by atoms with Crippen LogP contribution in [0.4, 0.5) is 0 Å². The average molecular weight is 214 g/mol. The molecule has 0 aliphatic carbocycles. The molecule has 4 nitrogen and oxygen atoms in total. The third kappa shape index (κ3) is 6.04. The van der Waals surface area contributed by atoms with Crippen LogP contribution in [0.5, 0.6) is 0 Å². The number of hydrogen-bond acceptors (Lipinski definition) is 4. The maximum atomic E-state index is 11.2. The fourth-order valence-electron chi connectivity index (χ4n) is 0.857. The molecule has 0 radical (unpaired) electrons. The number of methoxy groups -OCH3 is 2. The van der Waals surface area contributed by atoms with Gasteiger partial charge in [0.05, 0.1) is 6.61 Å². The highest BCUT2D eigenvalue weighted by Crippen LogP contribution is 1.99. The first-order valence-corrected chi connectivity index (χ1v) is 4.73. The molecule has 0 aromatic rings. The first-order valence-electron chi connectivity index (χ1n) is 4.73. The van der Waals surface area contributed by atoms with E-state index in [-0.39, 0.29) is 5.97 Å². The van der Waals surface area contributed by atoms with Crippen LogP contribution in [0, 0.1) is 0 Å². The fraction of sp³-hybridized carbons (Fsp3) is 0.545. The van der Waals surface area contributed by atoms with Crippen LogP contribution >= 0.6 is 0 Å². The zero-order valence-corrected chi connectivity index (χ0v) is 9.65. The monoisotopic (exact) mass is 214 g/mol. The topological polar surface area (TPSA) is 44.8 Å². The lowest BCUT2D eigenvalue weighted by Crippen LogP contribution is -2.08. The molecule has 0 aromatic heterocycles. The Balaban J connectivity index is 4.19. The predicted molar refractivity (Wildman–Crippen MR) is 57.3 cm³/mol. The van der Waals surface area contributed by atoms with E-state index in [1.165, 1.54) is 0 Å². The molecule has 15 heavy (non-hydrogen) atoms. The van der Waals surface area contributed by atoms with Crippen molar-refractivity contribution in [2.75, 3.05) is 20.8 Å². The van der Waals surface area contributed by atoms with Gasteiger partial charge >= 0.3 is 5.97 Å². The van der Waals surface area contributed by atoms with Gasteiger partial charge in [0.25, 0.3) is 0 Å². The molecule has 0 heterocycles. The highest BCUT2D eigenvalue weighted by Gasteiger charge is 2.02. The molecule has 0 spiro atoms. The summed E-state index contributed by atoms with van der Waals surface area (Å²) in [5.41, 5.74) is 0.541. The van der Waals surface area contributed by atoms with Gasteiger partial charge in [0.15, 0.2) is 6.29 Å². The second-order valence-corrected chi connectivity index (χ2v) is 2.79. The standard InChI is InChI=1S/C11H18O4/c1-5-15-11(12)9(2)7-6-8-10(13-3)14-4/h6-8,10H,5H2,1-4H3. The van der Waals surface area contributed by atoms with Gasteiger partial charge in [-0.3, -0.25) is 0 Å². The second kappa shape index (κ2) is 8.20. The van der Waals surface area contributed by atoms with E-state index in [4.69, 9.17) is 14.2 Å². The van der Waals surface area contributed by atoms with Crippen LogP contribution < -0.4 is 0 Å². The van der Waals surface area contributed by atoms with E-state index in [0.717, 1.165) is 0 Å². The maximum absolute atomic E-state index is 11.2. The molecule has 0 aliphatic heterocycles. The van der Waals surface area contributed by atoms with E-state index in [1.54, 1.807) is 46.3 Å². The summed E-state index contributed by atoms with van der Waals surface area (Å²) in [6.07, 6.45) is 4.66. The van der Waals surface area contributed by atoms with Gasteiger partial charge in [0.2, 0.25) is 0 Å². The van der Waals surface area contributed by atoms with Gasteiger partial charge in [-0.25, -0.2) is 4.79 Å². The van der Waals surface area contributed by atoms with Crippen LogP contribution in [0.15, 0.2) is 23.8 Å². The van der Waals surface area contributed by atoms with Crippen LogP contribution in [0.1, 0.15) is 13.8 Å². The highest BCUT2D eigenvalue weighted by molar-refractivity contribution is 5.88. The molecule has 0 aromatic carbocycles. The number of allylic oxidation sites excluding steroid dienone is 2. The first-order chi connectivity index (χ1) is 7.15. The van der Waals surface area contributed by atoms with Gasteiger partial charge in [-0.15, -0.1) is 0 Å². The van der Waals surface area contributed by atoms with Crippen LogP contribution in [0.3, 0.4) is 0 Å². The summed E-state index contributed by atoms with van der Waals surface area (Å²) in [6, 6.07) is 0. The molecule has 0 bridgehead atoms. The van der Waals surface area contributed by atoms with Crippen molar-refractivity contribution in [3.63, 3.8) is 0 Å². The highest BCUT2D eigenvalue weighted by atomic mass is 16.7. The van der Waals surface area contributed by atoms with E-state index >= 15 is 0 Å². The minimum Gasteiger partial charge on any atom is -0.463 e. The predicted octanol–water partition coefficient (Wildman–Crippen LogP) is 1.67. The van der Waals surface area contributed by atoms with Crippen molar-refractivity contribution in [2.45, 2.75) is 20.1 Å². The lowest BCUT2D eigenvalue weighted by Gasteiger charge is -2.06. The third-order valence-corrected chi connectivity index (χ3v) is 1.68. The first kappa shape index (κ1) is 13.9. The average Bonchev–Trinajstić information content (AvgIpc) is 2.24. The molecule has 0 atom stereocenters. The number of hydrogen-bond donors (Lipinski definition) is 0. The van der Waals surface area contributed by atoms with Crippen LogP contribution in [-0.2, 0) is 19.0 Å². The summed E-state index contributed by atoms with van der Waals surface area (Å²) in [6.45, 7) is 3.84. The Labute approximate surface area is 90.5 Å². The van der Waals surface area contributed by atoms with Gasteiger partial charge in [0, 0.05) is 19.8 Å². The van der Waals surface area contributed by atoms with Gasteiger partial charge in [-0.05, 0) is 19.9 Å². The Morgan fingerprint density at radius 3 is 2.40 bits per heavy atom. The fourth-order valence-corrected chi connectivity index (χ4v) is 0.857. The minimum atomic E-state index is -0.392. The maximum Gasteiger partial charge on any atom is 0.333 e. The summed E-state index contributed by atoms with van der Waals surface area (Å²) < 4.78 is 14.7. The number of carbonyl (C=O) groups is 1. The SMILES string of the molecule is CCOC(=O)C(C)=CC=CC(OC)OC. The number of carbonyl (C=O) groups excluding carboxylic acids is 1. The molecule has 0 amide bonds. The molecule has 0 unspecified atom stereocenters. The van der Waals surface area contributed by atoms with Crippen LogP contribution in [0.25, 0.3) is 0 Å². The third-order valence-electron chi connectivity index (χ3n) is 1.68. The summed E-state index contributed by atoms with van der Waals surface area (Å²) in [5.74, 6) is -0.312. The van der Waals surface area contributed by atoms with Crippen molar-refractivity contribution >= 4 is 5.97 Å². The van der Waals surface area contributed by atoms with E-state index in [2.05, 4.69) is 0 Å². The van der Waals surface area contributed by atoms with Gasteiger partial charge in [-0.2, -0.15) is 0 Å².